The van der Waals surface area contributed by atoms with E-state index in [-0.39, 0.29) is 11.8 Å². The van der Waals surface area contributed by atoms with Crippen LogP contribution in [-0.4, -0.2) is 82.6 Å². The van der Waals surface area contributed by atoms with Gasteiger partial charge in [-0.3, -0.25) is 14.6 Å². The van der Waals surface area contributed by atoms with Crippen LogP contribution in [0, 0.1) is 6.92 Å². The zero-order valence-electron chi connectivity index (χ0n) is 18.0. The molecular formula is C23H31N5OS. The molecule has 2 fully saturated rings. The zero-order chi connectivity index (χ0) is 21.1. The van der Waals surface area contributed by atoms with Crippen LogP contribution in [0.2, 0.25) is 0 Å². The largest absolute Gasteiger partial charge is 0.339 e. The second-order valence-corrected chi connectivity index (χ2v) is 9.32. The van der Waals surface area contributed by atoms with Gasteiger partial charge in [-0.25, -0.2) is 0 Å². The van der Waals surface area contributed by atoms with Gasteiger partial charge < -0.3 is 4.90 Å². The number of likely N-dealkylation sites (tertiary alicyclic amines) is 1. The molecule has 2 atom stereocenters. The highest BCUT2D eigenvalue weighted by Crippen LogP contribution is 2.40. The van der Waals surface area contributed by atoms with E-state index < -0.39 is 0 Å². The van der Waals surface area contributed by atoms with E-state index in [1.54, 1.807) is 0 Å². The molecule has 2 aliphatic heterocycles. The number of carbonyl (C=O) groups excluding carboxylic acids is 1. The zero-order valence-corrected chi connectivity index (χ0v) is 18.8. The lowest BCUT2D eigenvalue weighted by Gasteiger charge is -2.35. The lowest BCUT2D eigenvalue weighted by molar-refractivity contribution is -0.133. The first-order chi connectivity index (χ1) is 14.5. The van der Waals surface area contributed by atoms with Gasteiger partial charge in [0.2, 0.25) is 5.91 Å². The SMILES string of the molecule is C=C(C)CN1CCN(C(=O)CN2C[C@@H](c3csnn3)[C@H](c3ccccc3C)C2)CC1. The van der Waals surface area contributed by atoms with Crippen LogP contribution in [-0.2, 0) is 4.79 Å². The van der Waals surface area contributed by atoms with Gasteiger partial charge >= 0.3 is 0 Å². The maximum absolute atomic E-state index is 13.0. The molecule has 160 valence electrons. The number of piperazine rings is 1. The normalized spacial score (nSPS) is 23.1. The third-order valence-electron chi connectivity index (χ3n) is 6.32. The van der Waals surface area contributed by atoms with Crippen LogP contribution in [0.1, 0.15) is 35.6 Å². The molecule has 1 amide bonds. The van der Waals surface area contributed by atoms with E-state index in [0.717, 1.165) is 51.5 Å². The van der Waals surface area contributed by atoms with Crippen LogP contribution in [0.25, 0.3) is 0 Å². The minimum atomic E-state index is 0.241. The van der Waals surface area contributed by atoms with Crippen molar-refractivity contribution in [3.63, 3.8) is 0 Å². The van der Waals surface area contributed by atoms with Gasteiger partial charge in [0.15, 0.2) is 0 Å². The van der Waals surface area contributed by atoms with E-state index in [2.05, 4.69) is 69.5 Å². The van der Waals surface area contributed by atoms with Crippen LogP contribution in [0.15, 0.2) is 41.8 Å². The fourth-order valence-corrected chi connectivity index (χ4v) is 5.31. The quantitative estimate of drug-likeness (QED) is 0.666. The summed E-state index contributed by atoms with van der Waals surface area (Å²) >= 11 is 1.40. The van der Waals surface area contributed by atoms with Crippen LogP contribution in [0.3, 0.4) is 0 Å². The van der Waals surface area contributed by atoms with Gasteiger partial charge in [-0.05, 0) is 36.5 Å². The lowest BCUT2D eigenvalue weighted by Crippen LogP contribution is -2.51. The summed E-state index contributed by atoms with van der Waals surface area (Å²) in [4.78, 5) is 19.7. The van der Waals surface area contributed by atoms with Crippen molar-refractivity contribution < 1.29 is 4.79 Å². The first-order valence-electron chi connectivity index (χ1n) is 10.7. The molecule has 0 radical (unpaired) electrons. The van der Waals surface area contributed by atoms with Crippen molar-refractivity contribution >= 4 is 17.4 Å². The second kappa shape index (κ2) is 9.37. The van der Waals surface area contributed by atoms with Gasteiger partial charge in [0.1, 0.15) is 0 Å². The Balaban J connectivity index is 1.41. The Hall–Kier alpha value is -2.09. The first-order valence-corrected chi connectivity index (χ1v) is 11.5. The van der Waals surface area contributed by atoms with Gasteiger partial charge in [0.25, 0.3) is 0 Å². The Bertz CT molecular complexity index is 875. The topological polar surface area (TPSA) is 52.6 Å². The van der Waals surface area contributed by atoms with Crippen molar-refractivity contribution in [2.24, 2.45) is 0 Å². The molecule has 0 spiro atoms. The fraction of sp³-hybridized carbons (Fsp3) is 0.522. The van der Waals surface area contributed by atoms with Crippen LogP contribution in [0.4, 0.5) is 0 Å². The van der Waals surface area contributed by atoms with E-state index >= 15 is 0 Å². The average Bonchev–Trinajstić information content (AvgIpc) is 3.38. The van der Waals surface area contributed by atoms with Crippen molar-refractivity contribution in [3.05, 3.63) is 58.6 Å². The number of carbonyl (C=O) groups is 1. The van der Waals surface area contributed by atoms with Gasteiger partial charge in [-0.2, -0.15) is 0 Å². The summed E-state index contributed by atoms with van der Waals surface area (Å²) in [6.07, 6.45) is 0. The number of aromatic nitrogens is 2. The van der Waals surface area contributed by atoms with E-state index in [1.807, 2.05) is 4.90 Å². The highest BCUT2D eigenvalue weighted by Gasteiger charge is 2.38. The lowest BCUT2D eigenvalue weighted by atomic mass is 9.85. The Morgan fingerprint density at radius 3 is 2.50 bits per heavy atom. The third kappa shape index (κ3) is 4.79. The van der Waals surface area contributed by atoms with Gasteiger partial charge in [0, 0.05) is 63.0 Å². The number of rotatable bonds is 6. The molecule has 2 aliphatic rings. The Kier molecular flexibility index (Phi) is 6.61. The fourth-order valence-electron chi connectivity index (χ4n) is 4.79. The maximum atomic E-state index is 13.0. The minimum Gasteiger partial charge on any atom is -0.339 e. The summed E-state index contributed by atoms with van der Waals surface area (Å²) in [6.45, 7) is 14.8. The highest BCUT2D eigenvalue weighted by atomic mass is 32.1. The van der Waals surface area contributed by atoms with E-state index in [4.69, 9.17) is 0 Å². The van der Waals surface area contributed by atoms with E-state index in [0.29, 0.717) is 12.5 Å². The van der Waals surface area contributed by atoms with Crippen molar-refractivity contribution in [1.29, 1.82) is 0 Å². The minimum absolute atomic E-state index is 0.241. The molecule has 0 unspecified atom stereocenters. The summed E-state index contributed by atoms with van der Waals surface area (Å²) in [7, 11) is 0. The molecule has 30 heavy (non-hydrogen) atoms. The van der Waals surface area contributed by atoms with Crippen molar-refractivity contribution in [2.45, 2.75) is 25.7 Å². The number of aryl methyl sites for hydroxylation is 1. The van der Waals surface area contributed by atoms with Gasteiger partial charge in [0.05, 0.1) is 12.2 Å². The van der Waals surface area contributed by atoms with E-state index in [9.17, 15) is 4.79 Å². The standard InChI is InChI=1S/C23H31N5OS/c1-17(2)12-26-8-10-28(11-9-26)23(29)15-27-13-20(19-7-5-4-6-18(19)3)21(14-27)22-16-30-25-24-22/h4-7,16,20-21H,1,8-15H2,2-3H3/t20-,21+/m0/s1. The molecule has 6 nitrogen and oxygen atoms in total. The maximum Gasteiger partial charge on any atom is 0.236 e. The molecule has 3 heterocycles. The van der Waals surface area contributed by atoms with Crippen molar-refractivity contribution in [1.82, 2.24) is 24.3 Å². The Labute approximate surface area is 183 Å². The molecule has 2 saturated heterocycles. The third-order valence-corrected chi connectivity index (χ3v) is 6.84. The van der Waals surface area contributed by atoms with E-state index in [1.165, 1.54) is 28.2 Å². The van der Waals surface area contributed by atoms with Crippen LogP contribution in [0.5, 0.6) is 0 Å². The smallest absolute Gasteiger partial charge is 0.236 e. The average molecular weight is 426 g/mol. The molecule has 0 N–H and O–H groups in total. The molecule has 1 aromatic heterocycles. The summed E-state index contributed by atoms with van der Waals surface area (Å²) in [6, 6.07) is 8.59. The predicted octanol–water partition coefficient (Wildman–Crippen LogP) is 2.75. The molecule has 1 aromatic carbocycles. The van der Waals surface area contributed by atoms with Crippen LogP contribution >= 0.6 is 11.5 Å². The molecule has 0 bridgehead atoms. The predicted molar refractivity (Wildman–Crippen MR) is 121 cm³/mol. The summed E-state index contributed by atoms with van der Waals surface area (Å²) in [5, 5.41) is 6.43. The molecule has 7 heteroatoms. The number of nitrogens with zero attached hydrogens (tertiary/aromatic N) is 5. The Morgan fingerprint density at radius 1 is 1.10 bits per heavy atom. The second-order valence-electron chi connectivity index (χ2n) is 8.71. The molecular weight excluding hydrogens is 394 g/mol. The highest BCUT2D eigenvalue weighted by molar-refractivity contribution is 7.03. The number of amides is 1. The van der Waals surface area contributed by atoms with Gasteiger partial charge in [-0.15, -0.1) is 5.10 Å². The summed E-state index contributed by atoms with van der Waals surface area (Å²) in [5.41, 5.74) is 4.89. The summed E-state index contributed by atoms with van der Waals surface area (Å²) < 4.78 is 4.09. The number of benzene rings is 1. The monoisotopic (exact) mass is 425 g/mol. The number of hydrogen-bond acceptors (Lipinski definition) is 6. The van der Waals surface area contributed by atoms with Crippen molar-refractivity contribution in [3.8, 4) is 0 Å². The number of hydrogen-bond donors (Lipinski definition) is 0. The first kappa shape index (κ1) is 21.2. The Morgan fingerprint density at radius 2 is 1.83 bits per heavy atom. The summed E-state index contributed by atoms with van der Waals surface area (Å²) in [5.74, 6) is 0.867. The molecule has 4 rings (SSSR count). The molecule has 2 aromatic rings. The van der Waals surface area contributed by atoms with Crippen LogP contribution < -0.4 is 0 Å². The molecule has 0 aliphatic carbocycles. The van der Waals surface area contributed by atoms with Gasteiger partial charge in [-0.1, -0.05) is 40.9 Å². The molecule has 0 saturated carbocycles. The van der Waals surface area contributed by atoms with Crippen molar-refractivity contribution in [2.75, 3.05) is 52.4 Å².